The Labute approximate surface area is 171 Å². The molecular weight excluding hydrogens is 416 g/mol. The number of hydrogen-bond donors (Lipinski definition) is 3. The fourth-order valence-corrected chi connectivity index (χ4v) is 3.84. The Kier molecular flexibility index (Phi) is 7.60. The summed E-state index contributed by atoms with van der Waals surface area (Å²) < 4.78 is 49.0. The molecule has 2 aromatic rings. The number of hydrogen-bond acceptors (Lipinski definition) is 7. The lowest BCUT2D eigenvalue weighted by atomic mass is 10.1. The molecule has 0 saturated carbocycles. The Morgan fingerprint density at radius 1 is 0.828 bits per heavy atom. The van der Waals surface area contributed by atoms with Crippen LogP contribution in [0.15, 0.2) is 58.3 Å². The summed E-state index contributed by atoms with van der Waals surface area (Å²) in [6, 6.07) is 12.8. The zero-order valence-electron chi connectivity index (χ0n) is 16.1. The Balaban J connectivity index is 0.000000234. The van der Waals surface area contributed by atoms with Gasteiger partial charge >= 0.3 is 0 Å². The van der Waals surface area contributed by atoms with Crippen molar-refractivity contribution in [3.8, 4) is 0 Å². The van der Waals surface area contributed by atoms with E-state index in [1.807, 2.05) is 7.05 Å². The van der Waals surface area contributed by atoms with E-state index in [0.29, 0.717) is 11.7 Å². The van der Waals surface area contributed by atoms with Gasteiger partial charge in [0.15, 0.2) is 0 Å². The van der Waals surface area contributed by atoms with Crippen molar-refractivity contribution in [3.05, 3.63) is 48.5 Å². The second-order valence-corrected chi connectivity index (χ2v) is 9.73. The molecule has 0 radical (unpaired) electrons. The van der Waals surface area contributed by atoms with E-state index in [9.17, 15) is 16.8 Å². The molecule has 0 aliphatic carbocycles. The standard InChI is InChI=1S/C12H18N2O3S.C6H8N2O2S/c1-14(11-6-8-17-9-7-11)10-2-4-12(5-3-10)18(13,15)16;7-5-1-3-6(4-2-5)11(8,9)10/h2-5,11H,6-9H2,1H3,(H2,13,15,16);1-4H,7H2,(H2,8,9,10). The van der Waals surface area contributed by atoms with Gasteiger partial charge in [0.25, 0.3) is 0 Å². The highest BCUT2D eigenvalue weighted by atomic mass is 32.2. The van der Waals surface area contributed by atoms with E-state index in [1.54, 1.807) is 24.3 Å². The molecular formula is C18H26N4O5S2. The van der Waals surface area contributed by atoms with E-state index in [0.717, 1.165) is 31.7 Å². The summed E-state index contributed by atoms with van der Waals surface area (Å²) in [7, 11) is -5.17. The third-order valence-corrected chi connectivity index (χ3v) is 6.38. The zero-order chi connectivity index (χ0) is 21.7. The van der Waals surface area contributed by atoms with Gasteiger partial charge in [-0.1, -0.05) is 0 Å². The van der Waals surface area contributed by atoms with Crippen LogP contribution in [0, 0.1) is 0 Å². The first-order chi connectivity index (χ1) is 13.5. The van der Waals surface area contributed by atoms with Gasteiger partial charge in [-0.25, -0.2) is 27.1 Å². The van der Waals surface area contributed by atoms with Crippen LogP contribution in [0.2, 0.25) is 0 Å². The molecule has 0 atom stereocenters. The van der Waals surface area contributed by atoms with Crippen molar-refractivity contribution in [1.82, 2.24) is 0 Å². The van der Waals surface area contributed by atoms with Gasteiger partial charge in [-0.2, -0.15) is 0 Å². The van der Waals surface area contributed by atoms with Crippen LogP contribution in [-0.4, -0.2) is 43.1 Å². The molecule has 1 fully saturated rings. The molecule has 29 heavy (non-hydrogen) atoms. The molecule has 1 heterocycles. The number of primary sulfonamides is 2. The molecule has 9 nitrogen and oxygen atoms in total. The van der Waals surface area contributed by atoms with Crippen molar-refractivity contribution < 1.29 is 21.6 Å². The average molecular weight is 443 g/mol. The van der Waals surface area contributed by atoms with Crippen LogP contribution in [0.25, 0.3) is 0 Å². The second-order valence-electron chi connectivity index (χ2n) is 6.61. The Morgan fingerprint density at radius 3 is 1.66 bits per heavy atom. The van der Waals surface area contributed by atoms with E-state index in [2.05, 4.69) is 4.90 Å². The van der Waals surface area contributed by atoms with Gasteiger partial charge in [-0.05, 0) is 61.4 Å². The third-order valence-electron chi connectivity index (χ3n) is 4.52. The van der Waals surface area contributed by atoms with Gasteiger partial charge in [0, 0.05) is 37.7 Å². The van der Waals surface area contributed by atoms with Crippen LogP contribution in [0.4, 0.5) is 11.4 Å². The van der Waals surface area contributed by atoms with Gasteiger partial charge in [0.2, 0.25) is 20.0 Å². The molecule has 0 spiro atoms. The highest BCUT2D eigenvalue weighted by molar-refractivity contribution is 7.89. The number of anilines is 2. The minimum absolute atomic E-state index is 0.0756. The number of nitrogens with zero attached hydrogens (tertiary/aromatic N) is 1. The van der Waals surface area contributed by atoms with Crippen molar-refractivity contribution >= 4 is 31.4 Å². The van der Waals surface area contributed by atoms with Crippen LogP contribution >= 0.6 is 0 Å². The summed E-state index contributed by atoms with van der Waals surface area (Å²) in [4.78, 5) is 2.38. The first-order valence-corrected chi connectivity index (χ1v) is 11.9. The topological polar surface area (TPSA) is 159 Å². The average Bonchev–Trinajstić information content (AvgIpc) is 2.68. The van der Waals surface area contributed by atoms with E-state index < -0.39 is 20.0 Å². The molecule has 1 saturated heterocycles. The zero-order valence-corrected chi connectivity index (χ0v) is 17.7. The van der Waals surface area contributed by atoms with Crippen LogP contribution in [0.5, 0.6) is 0 Å². The summed E-state index contributed by atoms with van der Waals surface area (Å²) >= 11 is 0. The van der Waals surface area contributed by atoms with Crippen LogP contribution in [0.1, 0.15) is 12.8 Å². The Hall–Kier alpha value is -2.18. The number of rotatable bonds is 4. The fourth-order valence-electron chi connectivity index (χ4n) is 2.81. The van der Waals surface area contributed by atoms with Gasteiger partial charge in [-0.3, -0.25) is 0 Å². The Morgan fingerprint density at radius 2 is 1.24 bits per heavy atom. The molecule has 2 aromatic carbocycles. The monoisotopic (exact) mass is 442 g/mol. The van der Waals surface area contributed by atoms with Crippen molar-refractivity contribution in [2.24, 2.45) is 10.3 Å². The minimum atomic E-state index is -3.61. The maximum atomic E-state index is 11.2. The first kappa shape index (κ1) is 23.1. The molecule has 0 aromatic heterocycles. The highest BCUT2D eigenvalue weighted by Crippen LogP contribution is 2.22. The molecule has 11 heteroatoms. The molecule has 1 aliphatic rings. The largest absolute Gasteiger partial charge is 0.399 e. The number of nitrogens with two attached hydrogens (primary N) is 3. The molecule has 6 N–H and O–H groups in total. The lowest BCUT2D eigenvalue weighted by Crippen LogP contribution is -2.36. The first-order valence-electron chi connectivity index (χ1n) is 8.80. The Bertz CT molecular complexity index is 1000. The van der Waals surface area contributed by atoms with Crippen molar-refractivity contribution in [1.29, 1.82) is 0 Å². The number of sulfonamides is 2. The van der Waals surface area contributed by atoms with Gasteiger partial charge in [0.1, 0.15) is 0 Å². The van der Waals surface area contributed by atoms with Crippen LogP contribution < -0.4 is 20.9 Å². The van der Waals surface area contributed by atoms with Crippen molar-refractivity contribution in [3.63, 3.8) is 0 Å². The second kappa shape index (κ2) is 9.55. The fraction of sp³-hybridized carbons (Fsp3) is 0.333. The molecule has 0 bridgehead atoms. The smallest absolute Gasteiger partial charge is 0.238 e. The normalized spacial score (nSPS) is 15.3. The predicted molar refractivity (Wildman–Crippen MR) is 112 cm³/mol. The van der Waals surface area contributed by atoms with Crippen LogP contribution in [-0.2, 0) is 24.8 Å². The lowest BCUT2D eigenvalue weighted by Gasteiger charge is -2.32. The number of nitrogen functional groups attached to an aromatic ring is 1. The molecule has 1 aliphatic heterocycles. The van der Waals surface area contributed by atoms with E-state index >= 15 is 0 Å². The number of ether oxygens (including phenoxy) is 1. The minimum Gasteiger partial charge on any atom is -0.399 e. The summed E-state index contributed by atoms with van der Waals surface area (Å²) in [6.45, 7) is 1.56. The SMILES string of the molecule is CN(c1ccc(S(N)(=O)=O)cc1)C1CCOCC1.Nc1ccc(S(N)(=O)=O)cc1. The third kappa shape index (κ3) is 6.98. The molecule has 160 valence electrons. The highest BCUT2D eigenvalue weighted by Gasteiger charge is 2.19. The van der Waals surface area contributed by atoms with E-state index in [4.69, 9.17) is 20.7 Å². The molecule has 3 rings (SSSR count). The number of benzene rings is 2. The van der Waals surface area contributed by atoms with Gasteiger partial charge < -0.3 is 15.4 Å². The van der Waals surface area contributed by atoms with E-state index in [1.165, 1.54) is 24.3 Å². The van der Waals surface area contributed by atoms with Gasteiger partial charge in [-0.15, -0.1) is 0 Å². The van der Waals surface area contributed by atoms with Crippen LogP contribution in [0.3, 0.4) is 0 Å². The predicted octanol–water partition coefficient (Wildman–Crippen LogP) is 0.865. The maximum Gasteiger partial charge on any atom is 0.238 e. The van der Waals surface area contributed by atoms with Gasteiger partial charge in [0.05, 0.1) is 9.79 Å². The maximum absolute atomic E-state index is 11.2. The molecule has 0 amide bonds. The van der Waals surface area contributed by atoms with Crippen molar-refractivity contribution in [2.45, 2.75) is 28.7 Å². The summed E-state index contributed by atoms with van der Waals surface area (Å²) in [6.07, 6.45) is 1.99. The van der Waals surface area contributed by atoms with Crippen molar-refractivity contribution in [2.75, 3.05) is 30.9 Å². The summed E-state index contributed by atoms with van der Waals surface area (Å²) in [5.74, 6) is 0. The summed E-state index contributed by atoms with van der Waals surface area (Å²) in [5.41, 5.74) is 6.84. The van der Waals surface area contributed by atoms with E-state index in [-0.39, 0.29) is 9.79 Å². The molecule has 0 unspecified atom stereocenters. The lowest BCUT2D eigenvalue weighted by molar-refractivity contribution is 0.0855. The quantitative estimate of drug-likeness (QED) is 0.592. The summed E-state index contributed by atoms with van der Waals surface area (Å²) in [5, 5.41) is 9.91.